The molecule has 1 fully saturated rings. The van der Waals surface area contributed by atoms with Crippen LogP contribution >= 0.6 is 11.3 Å². The van der Waals surface area contributed by atoms with E-state index in [1.807, 2.05) is 11.3 Å². The molecule has 1 aliphatic rings. The summed E-state index contributed by atoms with van der Waals surface area (Å²) in [6.07, 6.45) is 6.84. The van der Waals surface area contributed by atoms with E-state index in [2.05, 4.69) is 32.2 Å². The van der Waals surface area contributed by atoms with Crippen LogP contribution in [-0.4, -0.2) is 12.6 Å². The molecule has 3 heteroatoms. The standard InChI is InChI=1S/C17H29NOS/c1-4-9-18-11-17-10-15(14(3)20-17)12-19-16-7-5-13(2)6-8-16/h10,13,16,18H,4-9,11-12H2,1-3H3. The van der Waals surface area contributed by atoms with Crippen molar-refractivity contribution in [1.82, 2.24) is 5.32 Å². The summed E-state index contributed by atoms with van der Waals surface area (Å²) in [5.41, 5.74) is 1.39. The number of hydrogen-bond acceptors (Lipinski definition) is 3. The molecule has 2 rings (SSSR count). The minimum Gasteiger partial charge on any atom is -0.374 e. The molecule has 0 bridgehead atoms. The molecule has 0 saturated heterocycles. The zero-order chi connectivity index (χ0) is 14.4. The van der Waals surface area contributed by atoms with Gasteiger partial charge in [0.15, 0.2) is 0 Å². The molecule has 1 saturated carbocycles. The highest BCUT2D eigenvalue weighted by atomic mass is 32.1. The van der Waals surface area contributed by atoms with E-state index in [1.54, 1.807) is 0 Å². The lowest BCUT2D eigenvalue weighted by atomic mass is 9.89. The van der Waals surface area contributed by atoms with E-state index in [0.717, 1.165) is 25.6 Å². The van der Waals surface area contributed by atoms with Crippen molar-refractivity contribution in [3.63, 3.8) is 0 Å². The summed E-state index contributed by atoms with van der Waals surface area (Å²) in [4.78, 5) is 2.86. The molecular weight excluding hydrogens is 266 g/mol. The molecular formula is C17H29NOS. The molecule has 1 aliphatic carbocycles. The Morgan fingerprint density at radius 2 is 2.05 bits per heavy atom. The lowest BCUT2D eigenvalue weighted by Crippen LogP contribution is -2.20. The molecule has 1 aromatic rings. The molecule has 0 spiro atoms. The second-order valence-electron chi connectivity index (χ2n) is 6.16. The fourth-order valence-corrected chi connectivity index (χ4v) is 3.83. The average molecular weight is 295 g/mol. The van der Waals surface area contributed by atoms with E-state index >= 15 is 0 Å². The molecule has 1 N–H and O–H groups in total. The minimum absolute atomic E-state index is 0.493. The van der Waals surface area contributed by atoms with Gasteiger partial charge in [-0.15, -0.1) is 11.3 Å². The number of aryl methyl sites for hydroxylation is 1. The molecule has 1 aromatic heterocycles. The number of rotatable bonds is 7. The first-order valence-corrected chi connectivity index (χ1v) is 8.91. The largest absolute Gasteiger partial charge is 0.374 e. The van der Waals surface area contributed by atoms with Crippen molar-refractivity contribution in [1.29, 1.82) is 0 Å². The van der Waals surface area contributed by atoms with E-state index in [4.69, 9.17) is 4.74 Å². The van der Waals surface area contributed by atoms with Crippen LogP contribution in [0.5, 0.6) is 0 Å². The van der Waals surface area contributed by atoms with Gasteiger partial charge in [0.25, 0.3) is 0 Å². The van der Waals surface area contributed by atoms with Crippen molar-refractivity contribution in [3.8, 4) is 0 Å². The van der Waals surface area contributed by atoms with Gasteiger partial charge in [-0.25, -0.2) is 0 Å². The van der Waals surface area contributed by atoms with Crippen molar-refractivity contribution >= 4 is 11.3 Å². The van der Waals surface area contributed by atoms with Gasteiger partial charge in [0.2, 0.25) is 0 Å². The summed E-state index contributed by atoms with van der Waals surface area (Å²) >= 11 is 1.91. The molecule has 0 aromatic carbocycles. The Bertz CT molecular complexity index is 394. The van der Waals surface area contributed by atoms with Crippen LogP contribution in [0.4, 0.5) is 0 Å². The van der Waals surface area contributed by atoms with Crippen LogP contribution in [0, 0.1) is 12.8 Å². The highest BCUT2D eigenvalue weighted by molar-refractivity contribution is 7.12. The zero-order valence-corrected chi connectivity index (χ0v) is 14.0. The highest BCUT2D eigenvalue weighted by Crippen LogP contribution is 2.28. The van der Waals surface area contributed by atoms with Crippen molar-refractivity contribution in [3.05, 3.63) is 21.4 Å². The number of thiophene rings is 1. The van der Waals surface area contributed by atoms with E-state index in [0.29, 0.717) is 6.10 Å². The van der Waals surface area contributed by atoms with E-state index < -0.39 is 0 Å². The van der Waals surface area contributed by atoms with Gasteiger partial charge < -0.3 is 10.1 Å². The maximum atomic E-state index is 6.12. The summed E-state index contributed by atoms with van der Waals surface area (Å²) in [6.45, 7) is 9.68. The Hall–Kier alpha value is -0.380. The third-order valence-electron chi connectivity index (χ3n) is 4.24. The topological polar surface area (TPSA) is 21.3 Å². The summed E-state index contributed by atoms with van der Waals surface area (Å²) in [5, 5.41) is 3.47. The van der Waals surface area contributed by atoms with Gasteiger partial charge in [0.1, 0.15) is 0 Å². The van der Waals surface area contributed by atoms with Crippen molar-refractivity contribution in [2.24, 2.45) is 5.92 Å². The zero-order valence-electron chi connectivity index (χ0n) is 13.2. The molecule has 2 nitrogen and oxygen atoms in total. The van der Waals surface area contributed by atoms with E-state index in [-0.39, 0.29) is 0 Å². The van der Waals surface area contributed by atoms with Gasteiger partial charge >= 0.3 is 0 Å². The Labute approximate surface area is 127 Å². The van der Waals surface area contributed by atoms with Gasteiger partial charge in [-0.2, -0.15) is 0 Å². The third kappa shape index (κ3) is 4.87. The number of hydrogen-bond donors (Lipinski definition) is 1. The predicted octanol–water partition coefficient (Wildman–Crippen LogP) is 4.65. The lowest BCUT2D eigenvalue weighted by molar-refractivity contribution is 0.00872. The number of ether oxygens (including phenoxy) is 1. The van der Waals surface area contributed by atoms with Crippen LogP contribution in [0.2, 0.25) is 0 Å². The fourth-order valence-electron chi connectivity index (χ4n) is 2.81. The monoisotopic (exact) mass is 295 g/mol. The normalized spacial score (nSPS) is 23.1. The van der Waals surface area contributed by atoms with Crippen LogP contribution in [0.25, 0.3) is 0 Å². The van der Waals surface area contributed by atoms with Crippen molar-refractivity contribution < 1.29 is 4.74 Å². The molecule has 0 amide bonds. The fraction of sp³-hybridized carbons (Fsp3) is 0.765. The van der Waals surface area contributed by atoms with Crippen LogP contribution in [0.15, 0.2) is 6.07 Å². The summed E-state index contributed by atoms with van der Waals surface area (Å²) in [6, 6.07) is 2.33. The molecule has 0 aliphatic heterocycles. The van der Waals surface area contributed by atoms with Crippen molar-refractivity contribution in [2.75, 3.05) is 6.54 Å². The van der Waals surface area contributed by atoms with E-state index in [9.17, 15) is 0 Å². The van der Waals surface area contributed by atoms with Crippen molar-refractivity contribution in [2.45, 2.75) is 72.1 Å². The van der Waals surface area contributed by atoms with Gasteiger partial charge in [0.05, 0.1) is 12.7 Å². The number of nitrogens with one attached hydrogen (secondary N) is 1. The first kappa shape index (κ1) is 16.0. The van der Waals surface area contributed by atoms with Crippen LogP contribution in [0.1, 0.15) is 61.3 Å². The van der Waals surface area contributed by atoms with Crippen LogP contribution in [-0.2, 0) is 17.9 Å². The smallest absolute Gasteiger partial charge is 0.0731 e. The first-order chi connectivity index (χ1) is 9.69. The molecule has 20 heavy (non-hydrogen) atoms. The Kier molecular flexibility index (Phi) is 6.53. The maximum Gasteiger partial charge on any atom is 0.0731 e. The van der Waals surface area contributed by atoms with Gasteiger partial charge in [0, 0.05) is 16.3 Å². The third-order valence-corrected chi connectivity index (χ3v) is 5.33. The molecule has 0 unspecified atom stereocenters. The van der Waals surface area contributed by atoms with Gasteiger partial charge in [-0.3, -0.25) is 0 Å². The highest BCUT2D eigenvalue weighted by Gasteiger charge is 2.19. The molecule has 0 radical (unpaired) electrons. The SMILES string of the molecule is CCCNCc1cc(COC2CCC(C)CC2)c(C)s1. The second kappa shape index (κ2) is 8.16. The van der Waals surface area contributed by atoms with Gasteiger partial charge in [-0.1, -0.05) is 13.8 Å². The second-order valence-corrected chi connectivity index (χ2v) is 7.50. The maximum absolute atomic E-state index is 6.12. The quantitative estimate of drug-likeness (QED) is 0.739. The Morgan fingerprint density at radius 3 is 2.75 bits per heavy atom. The first-order valence-electron chi connectivity index (χ1n) is 8.09. The summed E-state index contributed by atoms with van der Waals surface area (Å²) < 4.78 is 6.12. The van der Waals surface area contributed by atoms with Crippen LogP contribution in [0.3, 0.4) is 0 Å². The van der Waals surface area contributed by atoms with E-state index in [1.165, 1.54) is 47.4 Å². The predicted molar refractivity (Wildman–Crippen MR) is 87.3 cm³/mol. The average Bonchev–Trinajstić information content (AvgIpc) is 2.79. The molecule has 0 atom stereocenters. The van der Waals surface area contributed by atoms with Crippen LogP contribution < -0.4 is 5.32 Å². The molecule has 1 heterocycles. The summed E-state index contributed by atoms with van der Waals surface area (Å²) in [5.74, 6) is 0.897. The molecule has 114 valence electrons. The Balaban J connectivity index is 1.77. The minimum atomic E-state index is 0.493. The summed E-state index contributed by atoms with van der Waals surface area (Å²) in [7, 11) is 0. The Morgan fingerprint density at radius 1 is 1.30 bits per heavy atom. The lowest BCUT2D eigenvalue weighted by Gasteiger charge is -2.26. The van der Waals surface area contributed by atoms with Gasteiger partial charge in [-0.05, 0) is 63.1 Å².